The van der Waals surface area contributed by atoms with Crippen LogP contribution in [0.15, 0.2) is 24.3 Å². The van der Waals surface area contributed by atoms with Crippen LogP contribution in [0, 0.1) is 0 Å². The number of benzene rings is 1. The van der Waals surface area contributed by atoms with E-state index >= 15 is 0 Å². The largest absolute Gasteiger partial charge is 0.481 e. The van der Waals surface area contributed by atoms with Gasteiger partial charge in [-0.25, -0.2) is 9.59 Å². The summed E-state index contributed by atoms with van der Waals surface area (Å²) < 4.78 is 9.15. The topological polar surface area (TPSA) is 139 Å². The second-order valence-electron chi connectivity index (χ2n) is 9.25. The average molecular weight is 522 g/mol. The molecule has 1 atom stereocenters. The maximum atomic E-state index is 12.0. The van der Waals surface area contributed by atoms with E-state index in [1.165, 1.54) is 77.0 Å². The summed E-state index contributed by atoms with van der Waals surface area (Å²) in [4.78, 5) is 45.0. The van der Waals surface area contributed by atoms with Crippen molar-refractivity contribution in [1.29, 1.82) is 0 Å². The van der Waals surface area contributed by atoms with E-state index in [0.29, 0.717) is 6.42 Å². The Kier molecular flexibility index (Phi) is 17.5. The lowest BCUT2D eigenvalue weighted by molar-refractivity contribution is -0.153. The van der Waals surface area contributed by atoms with Crippen molar-refractivity contribution in [2.75, 3.05) is 19.0 Å². The minimum absolute atomic E-state index is 0.111. The molecule has 9 nitrogen and oxygen atoms in total. The Morgan fingerprint density at radius 3 is 1.76 bits per heavy atom. The lowest BCUT2D eigenvalue weighted by atomic mass is 10.0. The molecule has 0 amide bonds. The van der Waals surface area contributed by atoms with Crippen LogP contribution < -0.4 is 5.32 Å². The Morgan fingerprint density at radius 2 is 1.27 bits per heavy atom. The molecule has 0 radical (unpaired) electrons. The molecule has 0 spiro atoms. The van der Waals surface area contributed by atoms with Crippen molar-refractivity contribution in [2.45, 2.75) is 102 Å². The van der Waals surface area contributed by atoms with Gasteiger partial charge in [-0.05, 0) is 37.1 Å². The first-order valence-electron chi connectivity index (χ1n) is 13.4. The zero-order valence-corrected chi connectivity index (χ0v) is 22.0. The Balaban J connectivity index is 1.99. The highest BCUT2D eigenvalue weighted by molar-refractivity contribution is 5.98. The Bertz CT molecular complexity index is 809. The fourth-order valence-electron chi connectivity index (χ4n) is 3.86. The van der Waals surface area contributed by atoms with Crippen LogP contribution in [0.3, 0.4) is 0 Å². The van der Waals surface area contributed by atoms with Gasteiger partial charge in [0, 0.05) is 18.7 Å². The molecule has 0 saturated carbocycles. The highest BCUT2D eigenvalue weighted by Crippen LogP contribution is 2.14. The number of hydrogen-bond acceptors (Lipinski definition) is 8. The molecule has 9 heteroatoms. The van der Waals surface area contributed by atoms with E-state index in [-0.39, 0.29) is 11.5 Å². The lowest BCUT2D eigenvalue weighted by Crippen LogP contribution is -2.28. The molecule has 0 aliphatic heterocycles. The van der Waals surface area contributed by atoms with Gasteiger partial charge < -0.3 is 25.0 Å². The molecule has 1 aromatic rings. The molecule has 3 N–H and O–H groups in total. The number of carboxylic acid groups (broad SMARTS) is 1. The van der Waals surface area contributed by atoms with E-state index in [1.807, 2.05) is 0 Å². The first-order chi connectivity index (χ1) is 17.8. The molecule has 0 heterocycles. The van der Waals surface area contributed by atoms with E-state index in [4.69, 9.17) is 5.11 Å². The molecule has 208 valence electrons. The Morgan fingerprint density at radius 1 is 0.784 bits per heavy atom. The number of ether oxygens (including phenoxy) is 2. The van der Waals surface area contributed by atoms with Gasteiger partial charge in [0.25, 0.3) is 0 Å². The fourth-order valence-corrected chi connectivity index (χ4v) is 3.86. The first-order valence-corrected chi connectivity index (χ1v) is 13.4. The van der Waals surface area contributed by atoms with Crippen LogP contribution in [-0.2, 0) is 23.9 Å². The number of aliphatic hydroxyl groups excluding tert-OH is 1. The van der Waals surface area contributed by atoms with Gasteiger partial charge in [-0.2, -0.15) is 0 Å². The van der Waals surface area contributed by atoms with Gasteiger partial charge >= 0.3 is 23.9 Å². The summed E-state index contributed by atoms with van der Waals surface area (Å²) in [7, 11) is 1.44. The normalized spacial score (nSPS) is 11.5. The van der Waals surface area contributed by atoms with Crippen molar-refractivity contribution in [1.82, 2.24) is 0 Å². The molecule has 37 heavy (non-hydrogen) atoms. The standard InChI is InChI=1S/C28H43NO8/c1-36-26(33)15-13-11-9-7-5-3-2-4-6-8-10-12-14-20-29-23-18-16-22(17-19-23)27(34)37-28(35)24(30)21-25(31)32/h16-19,24,29-30H,2-15,20-21H2,1H3,(H,31,32). The third-order valence-corrected chi connectivity index (χ3v) is 6.07. The van der Waals surface area contributed by atoms with Crippen molar-refractivity contribution >= 4 is 29.6 Å². The van der Waals surface area contributed by atoms with Gasteiger partial charge in [0.05, 0.1) is 19.1 Å². The molecule has 1 rings (SSSR count). The number of nitrogens with one attached hydrogen (secondary N) is 1. The van der Waals surface area contributed by atoms with Crippen LogP contribution >= 0.6 is 0 Å². The van der Waals surface area contributed by atoms with Crippen LogP contribution in [0.25, 0.3) is 0 Å². The number of aliphatic carboxylic acids is 1. The molecule has 0 aliphatic rings. The fraction of sp³-hybridized carbons (Fsp3) is 0.643. The van der Waals surface area contributed by atoms with Crippen molar-refractivity contribution in [3.63, 3.8) is 0 Å². The summed E-state index contributed by atoms with van der Waals surface area (Å²) in [6, 6.07) is 6.42. The van der Waals surface area contributed by atoms with E-state index < -0.39 is 30.4 Å². The Hall–Kier alpha value is -2.94. The predicted molar refractivity (Wildman–Crippen MR) is 140 cm³/mol. The second kappa shape index (κ2) is 20.2. The van der Waals surface area contributed by atoms with E-state index in [1.54, 1.807) is 12.1 Å². The van der Waals surface area contributed by atoms with Crippen LogP contribution in [0.5, 0.6) is 0 Å². The highest BCUT2D eigenvalue weighted by Gasteiger charge is 2.23. The summed E-state index contributed by atoms with van der Waals surface area (Å²) in [5.41, 5.74) is 0.981. The van der Waals surface area contributed by atoms with Gasteiger partial charge in [-0.3, -0.25) is 9.59 Å². The summed E-state index contributed by atoms with van der Waals surface area (Å²) in [6.07, 6.45) is 13.4. The van der Waals surface area contributed by atoms with Crippen LogP contribution in [0.4, 0.5) is 5.69 Å². The maximum absolute atomic E-state index is 12.0. The number of anilines is 1. The number of methoxy groups -OCH3 is 1. The Labute approximate surface area is 219 Å². The van der Waals surface area contributed by atoms with E-state index in [9.17, 15) is 24.3 Å². The van der Waals surface area contributed by atoms with Crippen LogP contribution in [-0.4, -0.2) is 53.8 Å². The predicted octanol–water partition coefficient (Wildman–Crippen LogP) is 5.25. The third kappa shape index (κ3) is 16.4. The third-order valence-electron chi connectivity index (χ3n) is 6.07. The SMILES string of the molecule is COC(=O)CCCCCCCCCCCCCCCNc1ccc(C(=O)OC(=O)C(O)CC(=O)O)cc1. The molecule has 0 aromatic heterocycles. The molecule has 0 aliphatic carbocycles. The number of carbonyl (C=O) groups excluding carboxylic acids is 3. The zero-order chi connectivity index (χ0) is 27.3. The van der Waals surface area contributed by atoms with Crippen LogP contribution in [0.1, 0.15) is 107 Å². The quantitative estimate of drug-likeness (QED) is 0.112. The lowest BCUT2D eigenvalue weighted by Gasteiger charge is -2.09. The minimum atomic E-state index is -1.88. The molecular formula is C28H43NO8. The van der Waals surface area contributed by atoms with E-state index in [0.717, 1.165) is 37.9 Å². The number of carboxylic acids is 1. The smallest absolute Gasteiger partial charge is 0.345 e. The number of carbonyl (C=O) groups is 4. The maximum Gasteiger partial charge on any atom is 0.345 e. The number of aliphatic hydroxyl groups is 1. The second-order valence-corrected chi connectivity index (χ2v) is 9.25. The summed E-state index contributed by atoms with van der Waals surface area (Å²) >= 11 is 0. The minimum Gasteiger partial charge on any atom is -0.481 e. The monoisotopic (exact) mass is 521 g/mol. The van der Waals surface area contributed by atoms with Gasteiger partial charge in [-0.1, -0.05) is 70.6 Å². The van der Waals surface area contributed by atoms with E-state index in [2.05, 4.69) is 14.8 Å². The number of esters is 3. The summed E-state index contributed by atoms with van der Waals surface area (Å²) in [6.45, 7) is 0.823. The van der Waals surface area contributed by atoms with Crippen molar-refractivity contribution < 1.29 is 38.9 Å². The zero-order valence-electron chi connectivity index (χ0n) is 22.0. The first kappa shape index (κ1) is 32.1. The van der Waals surface area contributed by atoms with Gasteiger partial charge in [0.2, 0.25) is 0 Å². The van der Waals surface area contributed by atoms with Gasteiger partial charge in [-0.15, -0.1) is 0 Å². The number of hydrogen-bond donors (Lipinski definition) is 3. The van der Waals surface area contributed by atoms with Gasteiger partial charge in [0.15, 0.2) is 6.10 Å². The van der Waals surface area contributed by atoms with Crippen molar-refractivity contribution in [3.8, 4) is 0 Å². The summed E-state index contributed by atoms with van der Waals surface area (Å²) in [5, 5.41) is 21.2. The van der Waals surface area contributed by atoms with Crippen LogP contribution in [0.2, 0.25) is 0 Å². The van der Waals surface area contributed by atoms with Crippen molar-refractivity contribution in [3.05, 3.63) is 29.8 Å². The number of rotatable bonds is 21. The molecular weight excluding hydrogens is 478 g/mol. The molecule has 0 saturated heterocycles. The van der Waals surface area contributed by atoms with Gasteiger partial charge in [0.1, 0.15) is 0 Å². The number of unbranched alkanes of at least 4 members (excludes halogenated alkanes) is 12. The highest BCUT2D eigenvalue weighted by atomic mass is 16.6. The molecule has 0 bridgehead atoms. The molecule has 1 unspecified atom stereocenters. The molecule has 1 aromatic carbocycles. The van der Waals surface area contributed by atoms with Crippen molar-refractivity contribution in [2.24, 2.45) is 0 Å². The molecule has 0 fully saturated rings. The summed E-state index contributed by atoms with van der Waals surface area (Å²) in [5.74, 6) is -3.69. The average Bonchev–Trinajstić information content (AvgIpc) is 2.88.